The zero-order chi connectivity index (χ0) is 19.1. The molecule has 9 heteroatoms. The number of hydrogen-bond donors (Lipinski definition) is 0. The molecule has 5 nitrogen and oxygen atoms in total. The van der Waals surface area contributed by atoms with Gasteiger partial charge in [-0.05, 0) is 31.0 Å². The zero-order valence-electron chi connectivity index (χ0n) is 14.5. The van der Waals surface area contributed by atoms with E-state index in [1.54, 1.807) is 11.0 Å². The van der Waals surface area contributed by atoms with Crippen molar-refractivity contribution in [3.05, 3.63) is 29.0 Å². The molecule has 2 atom stereocenters. The lowest BCUT2D eigenvalue weighted by atomic mass is 10.0. The Hall–Kier alpha value is -1.12. The summed E-state index contributed by atoms with van der Waals surface area (Å²) in [5.41, 5.74) is 0.458. The van der Waals surface area contributed by atoms with Gasteiger partial charge in [0, 0.05) is 16.9 Å². The van der Waals surface area contributed by atoms with Crippen LogP contribution in [0.15, 0.2) is 23.2 Å². The van der Waals surface area contributed by atoms with Crippen LogP contribution in [-0.4, -0.2) is 42.3 Å². The number of amides is 1. The van der Waals surface area contributed by atoms with Crippen LogP contribution in [0.2, 0.25) is 5.02 Å². The first-order valence-electron chi connectivity index (χ1n) is 8.49. The van der Waals surface area contributed by atoms with Crippen LogP contribution in [0.4, 0.5) is 10.1 Å². The van der Waals surface area contributed by atoms with E-state index >= 15 is 0 Å². The summed E-state index contributed by atoms with van der Waals surface area (Å²) in [6.45, 7) is 3.86. The van der Waals surface area contributed by atoms with E-state index in [0.29, 0.717) is 23.7 Å². The lowest BCUT2D eigenvalue weighted by Crippen LogP contribution is -2.38. The number of rotatable bonds is 4. The van der Waals surface area contributed by atoms with Gasteiger partial charge in [-0.25, -0.2) is 12.8 Å². The maximum atomic E-state index is 14.0. The minimum absolute atomic E-state index is 0.0113. The summed E-state index contributed by atoms with van der Waals surface area (Å²) < 4.78 is 38.0. The van der Waals surface area contributed by atoms with Crippen molar-refractivity contribution in [2.75, 3.05) is 16.4 Å². The highest BCUT2D eigenvalue weighted by molar-refractivity contribution is 8.16. The van der Waals surface area contributed by atoms with Crippen LogP contribution in [0.3, 0.4) is 0 Å². The topological polar surface area (TPSA) is 66.8 Å². The second-order valence-corrected chi connectivity index (χ2v) is 10.3. The Bertz CT molecular complexity index is 856. The molecule has 142 valence electrons. The normalized spacial score (nSPS) is 25.9. The molecule has 2 aliphatic heterocycles. The molecule has 0 spiro atoms. The van der Waals surface area contributed by atoms with Crippen LogP contribution in [0.25, 0.3) is 0 Å². The largest absolute Gasteiger partial charge is 0.315 e. The first kappa shape index (κ1) is 19.6. The molecule has 0 aliphatic carbocycles. The number of halogens is 2. The molecule has 2 aliphatic rings. The Balaban J connectivity index is 2.01. The second kappa shape index (κ2) is 7.48. The summed E-state index contributed by atoms with van der Waals surface area (Å²) in [5, 5.41) is 0.211. The number of aliphatic imine (C=N–C) groups is 1. The van der Waals surface area contributed by atoms with E-state index in [1.807, 2.05) is 13.8 Å². The molecular weight excluding hydrogens is 399 g/mol. The van der Waals surface area contributed by atoms with Crippen LogP contribution in [-0.2, 0) is 14.6 Å². The summed E-state index contributed by atoms with van der Waals surface area (Å²) in [6, 6.07) is 3.94. The van der Waals surface area contributed by atoms with Crippen LogP contribution in [0.1, 0.15) is 26.7 Å². The highest BCUT2D eigenvalue weighted by Gasteiger charge is 2.49. The average molecular weight is 419 g/mol. The molecule has 0 N–H and O–H groups in total. The molecule has 3 rings (SSSR count). The Kier molecular flexibility index (Phi) is 5.65. The molecule has 0 bridgehead atoms. The number of amidine groups is 1. The SMILES string of the molecule is CCC(CC)C(=O)N=C1S[C@H]2CS(=O)(=O)C[C@H]2N1c1ccc(Cl)c(F)c1. The third-order valence-corrected chi connectivity index (χ3v) is 8.30. The molecule has 0 unspecified atom stereocenters. The van der Waals surface area contributed by atoms with Gasteiger partial charge in [-0.2, -0.15) is 4.99 Å². The van der Waals surface area contributed by atoms with E-state index in [1.165, 1.54) is 23.9 Å². The van der Waals surface area contributed by atoms with Crippen LogP contribution in [0, 0.1) is 11.7 Å². The van der Waals surface area contributed by atoms with E-state index in [0.717, 1.165) is 0 Å². The standard InChI is InChI=1S/C17H20ClFN2O3S2/c1-3-10(4-2)16(22)20-17-21(11-5-6-12(18)13(19)7-11)14-8-26(23,24)9-15(14)25-17/h5-7,10,14-15H,3-4,8-9H2,1-2H3/t14-,15+/m1/s1. The van der Waals surface area contributed by atoms with Gasteiger partial charge in [0.2, 0.25) is 0 Å². The van der Waals surface area contributed by atoms with Gasteiger partial charge in [0.05, 0.1) is 22.6 Å². The van der Waals surface area contributed by atoms with Crippen molar-refractivity contribution in [1.29, 1.82) is 0 Å². The highest BCUT2D eigenvalue weighted by atomic mass is 35.5. The molecule has 2 saturated heterocycles. The predicted molar refractivity (Wildman–Crippen MR) is 104 cm³/mol. The Labute approximate surface area is 161 Å². The van der Waals surface area contributed by atoms with Gasteiger partial charge >= 0.3 is 0 Å². The summed E-state index contributed by atoms with van der Waals surface area (Å²) >= 11 is 7.05. The maximum absolute atomic E-state index is 14.0. The average Bonchev–Trinajstić information content (AvgIpc) is 3.02. The monoisotopic (exact) mass is 418 g/mol. The number of benzene rings is 1. The Morgan fingerprint density at radius 2 is 2.08 bits per heavy atom. The number of anilines is 1. The minimum atomic E-state index is -3.16. The van der Waals surface area contributed by atoms with Crippen LogP contribution < -0.4 is 4.90 Å². The van der Waals surface area contributed by atoms with E-state index in [9.17, 15) is 17.6 Å². The van der Waals surface area contributed by atoms with Crippen molar-refractivity contribution >= 4 is 50.0 Å². The van der Waals surface area contributed by atoms with Crippen molar-refractivity contribution in [2.45, 2.75) is 38.0 Å². The number of thioether (sulfide) groups is 1. The number of carbonyl (C=O) groups is 1. The van der Waals surface area contributed by atoms with E-state index in [-0.39, 0.29) is 39.6 Å². The first-order chi connectivity index (χ1) is 12.3. The van der Waals surface area contributed by atoms with Gasteiger partial charge in [-0.3, -0.25) is 4.79 Å². The van der Waals surface area contributed by atoms with E-state index < -0.39 is 15.7 Å². The van der Waals surface area contributed by atoms with Gasteiger partial charge in [0.1, 0.15) is 5.82 Å². The van der Waals surface area contributed by atoms with Crippen molar-refractivity contribution in [3.63, 3.8) is 0 Å². The zero-order valence-corrected chi connectivity index (χ0v) is 16.9. The van der Waals surface area contributed by atoms with Crippen LogP contribution in [0.5, 0.6) is 0 Å². The van der Waals surface area contributed by atoms with Gasteiger partial charge in [-0.15, -0.1) is 0 Å². The van der Waals surface area contributed by atoms with Crippen LogP contribution >= 0.6 is 23.4 Å². The quantitative estimate of drug-likeness (QED) is 0.748. The molecule has 0 radical (unpaired) electrons. The Morgan fingerprint density at radius 1 is 1.38 bits per heavy atom. The lowest BCUT2D eigenvalue weighted by molar-refractivity contribution is -0.121. The molecule has 2 heterocycles. The Morgan fingerprint density at radius 3 is 2.69 bits per heavy atom. The second-order valence-electron chi connectivity index (χ2n) is 6.52. The highest BCUT2D eigenvalue weighted by Crippen LogP contribution is 2.41. The lowest BCUT2D eigenvalue weighted by Gasteiger charge is -2.25. The van der Waals surface area contributed by atoms with Crippen molar-refractivity contribution in [2.24, 2.45) is 10.9 Å². The molecule has 2 fully saturated rings. The number of sulfone groups is 1. The van der Waals surface area contributed by atoms with Crippen molar-refractivity contribution < 1.29 is 17.6 Å². The fourth-order valence-corrected chi connectivity index (χ4v) is 7.36. The third-order valence-electron chi connectivity index (χ3n) is 4.79. The number of fused-ring (bicyclic) bond motifs is 1. The fourth-order valence-electron chi connectivity index (χ4n) is 3.32. The molecule has 26 heavy (non-hydrogen) atoms. The molecule has 0 aromatic heterocycles. The summed E-state index contributed by atoms with van der Waals surface area (Å²) in [6.07, 6.45) is 1.38. The molecule has 1 aromatic carbocycles. The number of hydrogen-bond acceptors (Lipinski definition) is 4. The smallest absolute Gasteiger partial charge is 0.251 e. The number of nitrogens with zero attached hydrogens (tertiary/aromatic N) is 2. The molecule has 0 saturated carbocycles. The number of carbonyl (C=O) groups excluding carboxylic acids is 1. The molecule has 1 amide bonds. The van der Waals surface area contributed by atoms with Gasteiger partial charge in [-0.1, -0.05) is 37.2 Å². The minimum Gasteiger partial charge on any atom is -0.315 e. The first-order valence-corrected chi connectivity index (χ1v) is 11.6. The van der Waals surface area contributed by atoms with Gasteiger partial charge in [0.15, 0.2) is 15.0 Å². The summed E-state index contributed by atoms with van der Waals surface area (Å²) in [7, 11) is -3.16. The van der Waals surface area contributed by atoms with E-state index in [2.05, 4.69) is 4.99 Å². The molecule has 1 aromatic rings. The predicted octanol–water partition coefficient (Wildman–Crippen LogP) is 3.52. The van der Waals surface area contributed by atoms with Crippen molar-refractivity contribution in [1.82, 2.24) is 0 Å². The van der Waals surface area contributed by atoms with E-state index in [4.69, 9.17) is 11.6 Å². The van der Waals surface area contributed by atoms with Gasteiger partial charge in [0.25, 0.3) is 5.91 Å². The maximum Gasteiger partial charge on any atom is 0.251 e. The summed E-state index contributed by atoms with van der Waals surface area (Å²) in [5.74, 6) is -0.986. The third kappa shape index (κ3) is 3.77. The van der Waals surface area contributed by atoms with Gasteiger partial charge < -0.3 is 4.90 Å². The fraction of sp³-hybridized carbons (Fsp3) is 0.529. The molecular formula is C17H20ClFN2O3S2. The van der Waals surface area contributed by atoms with Crippen molar-refractivity contribution in [3.8, 4) is 0 Å². The summed E-state index contributed by atoms with van der Waals surface area (Å²) in [4.78, 5) is 18.4.